The predicted octanol–water partition coefficient (Wildman–Crippen LogP) is 2.32. The number of likely N-dealkylation sites (tertiary alicyclic amines) is 1. The first-order valence-corrected chi connectivity index (χ1v) is 12.6. The largest absolute Gasteiger partial charge is 0.476 e. The van der Waals surface area contributed by atoms with Gasteiger partial charge in [-0.15, -0.1) is 0 Å². The quantitative estimate of drug-likeness (QED) is 0.550. The van der Waals surface area contributed by atoms with Gasteiger partial charge >= 0.3 is 6.09 Å². The van der Waals surface area contributed by atoms with Gasteiger partial charge in [0.05, 0.1) is 17.6 Å². The van der Waals surface area contributed by atoms with Gasteiger partial charge < -0.3 is 30.7 Å². The van der Waals surface area contributed by atoms with Crippen LogP contribution in [0, 0.1) is 5.92 Å². The lowest BCUT2D eigenvalue weighted by Crippen LogP contribution is -2.52. The molecule has 3 fully saturated rings. The molecule has 1 aromatic rings. The monoisotopic (exact) mass is 474 g/mol. The van der Waals surface area contributed by atoms with Gasteiger partial charge in [-0.05, 0) is 51.6 Å². The Bertz CT molecular complexity index is 831. The molecule has 2 aliphatic heterocycles. The lowest BCUT2D eigenvalue weighted by molar-refractivity contribution is -0.138. The lowest BCUT2D eigenvalue weighted by Gasteiger charge is -2.37. The summed E-state index contributed by atoms with van der Waals surface area (Å²) in [5, 5.41) is 12.6. The summed E-state index contributed by atoms with van der Waals surface area (Å²) in [6.45, 7) is 5.57. The fourth-order valence-electron chi connectivity index (χ4n) is 5.19. The van der Waals surface area contributed by atoms with E-state index in [2.05, 4.69) is 15.2 Å². The molecule has 10 heteroatoms. The van der Waals surface area contributed by atoms with Crippen molar-refractivity contribution in [2.45, 2.75) is 51.0 Å². The highest BCUT2D eigenvalue weighted by Crippen LogP contribution is 2.31. The summed E-state index contributed by atoms with van der Waals surface area (Å²) in [5.74, 6) is 0.757. The third-order valence-corrected chi connectivity index (χ3v) is 7.31. The van der Waals surface area contributed by atoms with Gasteiger partial charge in [-0.2, -0.15) is 0 Å². The number of hydrogen-bond donors (Lipinski definition) is 3. The van der Waals surface area contributed by atoms with Gasteiger partial charge in [0, 0.05) is 50.7 Å². The molecule has 10 nitrogen and oxygen atoms in total. The molecule has 4 rings (SSSR count). The van der Waals surface area contributed by atoms with Crippen molar-refractivity contribution in [3.63, 3.8) is 0 Å². The van der Waals surface area contributed by atoms with Crippen LogP contribution in [0.4, 0.5) is 16.2 Å². The fraction of sp³-hybridized carbons (Fsp3) is 0.708. The molecular formula is C24H38N6O4. The fourth-order valence-corrected chi connectivity index (χ4v) is 5.19. The zero-order chi connectivity index (χ0) is 23.9. The number of nitrogens with zero attached hydrogens (tertiary/aromatic N) is 4. The molecular weight excluding hydrogens is 436 g/mol. The number of rotatable bonds is 7. The van der Waals surface area contributed by atoms with Crippen molar-refractivity contribution in [3.05, 3.63) is 12.3 Å². The maximum absolute atomic E-state index is 12.9. The number of piperidine rings is 1. The molecule has 1 aliphatic carbocycles. The molecule has 3 heterocycles. The molecule has 34 heavy (non-hydrogen) atoms. The van der Waals surface area contributed by atoms with E-state index in [4.69, 9.17) is 15.6 Å². The van der Waals surface area contributed by atoms with Crippen LogP contribution in [-0.4, -0.2) is 95.3 Å². The summed E-state index contributed by atoms with van der Waals surface area (Å²) in [7, 11) is 0. The molecule has 1 saturated carbocycles. The zero-order valence-electron chi connectivity index (χ0n) is 20.0. The molecule has 188 valence electrons. The second kappa shape index (κ2) is 11.6. The van der Waals surface area contributed by atoms with Crippen molar-refractivity contribution in [2.75, 3.05) is 63.5 Å². The summed E-state index contributed by atoms with van der Waals surface area (Å²) >= 11 is 0. The van der Waals surface area contributed by atoms with Crippen LogP contribution in [0.1, 0.15) is 44.9 Å². The summed E-state index contributed by atoms with van der Waals surface area (Å²) in [6.07, 6.45) is 8.00. The first-order valence-electron chi connectivity index (χ1n) is 12.6. The van der Waals surface area contributed by atoms with E-state index in [1.165, 1.54) is 24.2 Å². The SMILES string of the molecule is Nc1cnc(OCCN2CCCCC2)cc1NC1CCC(C(=O)N2CCN(C(=O)O)CC2)CC1. The van der Waals surface area contributed by atoms with E-state index in [0.29, 0.717) is 44.4 Å². The van der Waals surface area contributed by atoms with Crippen LogP contribution in [0.25, 0.3) is 0 Å². The highest BCUT2D eigenvalue weighted by Gasteiger charge is 2.32. The van der Waals surface area contributed by atoms with Crippen molar-refractivity contribution >= 4 is 23.4 Å². The topological polar surface area (TPSA) is 124 Å². The minimum absolute atomic E-state index is 0.0119. The van der Waals surface area contributed by atoms with Crippen molar-refractivity contribution in [1.82, 2.24) is 19.7 Å². The van der Waals surface area contributed by atoms with Gasteiger partial charge in [0.2, 0.25) is 11.8 Å². The van der Waals surface area contributed by atoms with E-state index >= 15 is 0 Å². The third kappa shape index (κ3) is 6.43. The number of nitrogen functional groups attached to an aromatic ring is 1. The van der Waals surface area contributed by atoms with Gasteiger partial charge in [-0.3, -0.25) is 9.69 Å². The third-order valence-electron chi connectivity index (χ3n) is 7.31. The van der Waals surface area contributed by atoms with E-state index in [-0.39, 0.29) is 17.9 Å². The van der Waals surface area contributed by atoms with E-state index < -0.39 is 6.09 Å². The minimum atomic E-state index is -0.912. The Morgan fingerprint density at radius 2 is 1.71 bits per heavy atom. The van der Waals surface area contributed by atoms with E-state index in [0.717, 1.165) is 51.0 Å². The van der Waals surface area contributed by atoms with Crippen LogP contribution in [0.5, 0.6) is 5.88 Å². The first kappa shape index (κ1) is 24.4. The number of amides is 2. The Morgan fingerprint density at radius 1 is 1.03 bits per heavy atom. The smallest absolute Gasteiger partial charge is 0.407 e. The average molecular weight is 475 g/mol. The van der Waals surface area contributed by atoms with Crippen molar-refractivity contribution < 1.29 is 19.4 Å². The van der Waals surface area contributed by atoms with Crippen molar-refractivity contribution in [1.29, 1.82) is 0 Å². The van der Waals surface area contributed by atoms with Crippen LogP contribution < -0.4 is 15.8 Å². The molecule has 1 aromatic heterocycles. The maximum Gasteiger partial charge on any atom is 0.407 e. The first-order chi connectivity index (χ1) is 16.5. The Kier molecular flexibility index (Phi) is 8.31. The molecule has 3 aliphatic rings. The molecule has 0 unspecified atom stereocenters. The lowest BCUT2D eigenvalue weighted by atomic mass is 9.85. The Morgan fingerprint density at radius 3 is 2.38 bits per heavy atom. The second-order valence-corrected chi connectivity index (χ2v) is 9.65. The van der Waals surface area contributed by atoms with Crippen LogP contribution >= 0.6 is 0 Å². The number of ether oxygens (including phenoxy) is 1. The van der Waals surface area contributed by atoms with Crippen LogP contribution in [-0.2, 0) is 4.79 Å². The van der Waals surface area contributed by atoms with Gasteiger partial charge in [0.25, 0.3) is 0 Å². The second-order valence-electron chi connectivity index (χ2n) is 9.65. The number of carbonyl (C=O) groups excluding carboxylic acids is 1. The Balaban J connectivity index is 1.21. The van der Waals surface area contributed by atoms with Gasteiger partial charge in [-0.1, -0.05) is 6.42 Å². The van der Waals surface area contributed by atoms with Crippen molar-refractivity contribution in [3.8, 4) is 5.88 Å². The highest BCUT2D eigenvalue weighted by atomic mass is 16.5. The number of pyridine rings is 1. The average Bonchev–Trinajstić information content (AvgIpc) is 2.87. The summed E-state index contributed by atoms with van der Waals surface area (Å²) < 4.78 is 5.89. The molecule has 0 radical (unpaired) electrons. The number of hydrogen-bond acceptors (Lipinski definition) is 7. The Hall–Kier alpha value is -2.75. The standard InChI is InChI=1S/C24H38N6O4/c25-20-17-26-22(34-15-14-28-8-2-1-3-9-28)16-21(20)27-19-6-4-18(5-7-19)23(31)29-10-12-30(13-11-29)24(32)33/h16-19H,1-15,25H2,(H,26,27)(H,32,33). The number of carbonyl (C=O) groups is 2. The number of nitrogens with one attached hydrogen (secondary N) is 1. The number of carboxylic acid groups (broad SMARTS) is 1. The summed E-state index contributed by atoms with van der Waals surface area (Å²) in [5.41, 5.74) is 7.59. The molecule has 0 aromatic carbocycles. The molecule has 0 bridgehead atoms. The normalized spacial score (nSPS) is 24.0. The summed E-state index contributed by atoms with van der Waals surface area (Å²) in [4.78, 5) is 33.9. The predicted molar refractivity (Wildman–Crippen MR) is 130 cm³/mol. The summed E-state index contributed by atoms with van der Waals surface area (Å²) in [6, 6.07) is 2.13. The molecule has 2 saturated heterocycles. The molecule has 2 amide bonds. The van der Waals surface area contributed by atoms with E-state index in [9.17, 15) is 9.59 Å². The van der Waals surface area contributed by atoms with E-state index in [1.54, 1.807) is 6.20 Å². The maximum atomic E-state index is 12.9. The zero-order valence-corrected chi connectivity index (χ0v) is 20.0. The highest BCUT2D eigenvalue weighted by molar-refractivity contribution is 5.79. The number of nitrogens with two attached hydrogens (primary N) is 1. The minimum Gasteiger partial charge on any atom is -0.476 e. The van der Waals surface area contributed by atoms with Crippen LogP contribution in [0.2, 0.25) is 0 Å². The van der Waals surface area contributed by atoms with Crippen LogP contribution in [0.3, 0.4) is 0 Å². The molecule has 4 N–H and O–H groups in total. The van der Waals surface area contributed by atoms with Gasteiger partial charge in [-0.25, -0.2) is 9.78 Å². The van der Waals surface area contributed by atoms with Crippen molar-refractivity contribution in [2.24, 2.45) is 5.92 Å². The Labute approximate surface area is 201 Å². The van der Waals surface area contributed by atoms with E-state index in [1.807, 2.05) is 11.0 Å². The van der Waals surface area contributed by atoms with Gasteiger partial charge in [0.1, 0.15) is 6.61 Å². The number of anilines is 2. The molecule has 0 atom stereocenters. The van der Waals surface area contributed by atoms with Gasteiger partial charge in [0.15, 0.2) is 0 Å². The van der Waals surface area contributed by atoms with Crippen LogP contribution in [0.15, 0.2) is 12.3 Å². The number of aromatic nitrogens is 1. The molecule has 0 spiro atoms. The number of piperazine rings is 1.